The monoisotopic (exact) mass is 264 g/mol. The molecule has 0 aliphatic heterocycles. The van der Waals surface area contributed by atoms with E-state index in [1.807, 2.05) is 0 Å². The summed E-state index contributed by atoms with van der Waals surface area (Å²) in [5.74, 6) is 0.707. The van der Waals surface area contributed by atoms with Crippen molar-refractivity contribution in [1.29, 1.82) is 0 Å². The molecule has 0 saturated heterocycles. The molecule has 0 amide bonds. The minimum Gasteiger partial charge on any atom is -0.394 e. The van der Waals surface area contributed by atoms with E-state index in [0.29, 0.717) is 5.92 Å². The zero-order chi connectivity index (χ0) is 13.9. The topological polar surface area (TPSA) is 75.4 Å². The van der Waals surface area contributed by atoms with E-state index in [4.69, 9.17) is 0 Å². The van der Waals surface area contributed by atoms with Crippen molar-refractivity contribution in [2.24, 2.45) is 5.92 Å². The van der Waals surface area contributed by atoms with E-state index < -0.39 is 4.92 Å². The van der Waals surface area contributed by atoms with Crippen LogP contribution in [0.15, 0.2) is 24.3 Å². The second-order valence-corrected chi connectivity index (χ2v) is 5.55. The minimum absolute atomic E-state index is 0.0841. The van der Waals surface area contributed by atoms with E-state index in [0.717, 1.165) is 31.4 Å². The Morgan fingerprint density at radius 1 is 1.37 bits per heavy atom. The summed E-state index contributed by atoms with van der Waals surface area (Å²) in [5.41, 5.74) is 0.637. The average Bonchev–Trinajstić information content (AvgIpc) is 2.42. The van der Waals surface area contributed by atoms with Gasteiger partial charge >= 0.3 is 0 Å². The van der Waals surface area contributed by atoms with Crippen LogP contribution in [0.2, 0.25) is 0 Å². The summed E-state index contributed by atoms with van der Waals surface area (Å²) in [6, 6.07) is 6.37. The van der Waals surface area contributed by atoms with E-state index in [9.17, 15) is 15.2 Å². The maximum absolute atomic E-state index is 10.6. The number of nitro benzene ring substituents is 1. The number of benzene rings is 1. The van der Waals surface area contributed by atoms with Crippen LogP contribution in [0.25, 0.3) is 0 Å². The number of nitro groups is 1. The third-order valence-electron chi connectivity index (χ3n) is 4.02. The maximum atomic E-state index is 10.6. The molecule has 0 spiro atoms. The molecule has 1 fully saturated rings. The molecule has 1 saturated carbocycles. The Morgan fingerprint density at radius 3 is 2.42 bits per heavy atom. The lowest BCUT2D eigenvalue weighted by molar-refractivity contribution is -0.384. The number of aliphatic hydroxyl groups excluding tert-OH is 1. The molecule has 19 heavy (non-hydrogen) atoms. The highest BCUT2D eigenvalue weighted by Gasteiger charge is 2.33. The first-order valence-electron chi connectivity index (χ1n) is 6.68. The number of anilines is 1. The zero-order valence-corrected chi connectivity index (χ0v) is 11.1. The van der Waals surface area contributed by atoms with Crippen LogP contribution in [0.1, 0.15) is 32.6 Å². The van der Waals surface area contributed by atoms with E-state index in [1.165, 1.54) is 12.1 Å². The molecule has 1 aliphatic rings. The van der Waals surface area contributed by atoms with Crippen molar-refractivity contribution in [2.45, 2.75) is 38.1 Å². The van der Waals surface area contributed by atoms with Gasteiger partial charge in [-0.25, -0.2) is 0 Å². The van der Waals surface area contributed by atoms with Gasteiger partial charge in [0.05, 0.1) is 17.1 Å². The Hall–Kier alpha value is -1.62. The first-order chi connectivity index (χ1) is 9.04. The number of non-ortho nitro benzene ring substituents is 1. The van der Waals surface area contributed by atoms with Gasteiger partial charge in [0, 0.05) is 17.8 Å². The molecule has 2 rings (SSSR count). The van der Waals surface area contributed by atoms with Crippen LogP contribution >= 0.6 is 0 Å². The van der Waals surface area contributed by atoms with Gasteiger partial charge in [0.15, 0.2) is 0 Å². The quantitative estimate of drug-likeness (QED) is 0.647. The molecule has 1 aliphatic carbocycles. The lowest BCUT2D eigenvalue weighted by atomic mass is 9.77. The Balaban J connectivity index is 2.08. The van der Waals surface area contributed by atoms with Gasteiger partial charge in [0.2, 0.25) is 0 Å². The number of nitrogens with one attached hydrogen (secondary N) is 1. The first-order valence-corrected chi connectivity index (χ1v) is 6.68. The fourth-order valence-electron chi connectivity index (χ4n) is 2.61. The molecule has 104 valence electrons. The van der Waals surface area contributed by atoms with Crippen LogP contribution in [0.4, 0.5) is 11.4 Å². The molecule has 0 atom stereocenters. The number of aliphatic hydroxyl groups is 1. The maximum Gasteiger partial charge on any atom is 0.269 e. The molecular formula is C14H20N2O3. The van der Waals surface area contributed by atoms with Gasteiger partial charge in [-0.15, -0.1) is 0 Å². The lowest BCUT2D eigenvalue weighted by Crippen LogP contribution is -2.45. The average molecular weight is 264 g/mol. The zero-order valence-electron chi connectivity index (χ0n) is 11.1. The van der Waals surface area contributed by atoms with Crippen molar-refractivity contribution in [3.63, 3.8) is 0 Å². The van der Waals surface area contributed by atoms with Crippen molar-refractivity contribution in [3.05, 3.63) is 34.4 Å². The number of nitrogens with zero attached hydrogens (tertiary/aromatic N) is 1. The number of hydrogen-bond acceptors (Lipinski definition) is 4. The fraction of sp³-hybridized carbons (Fsp3) is 0.571. The van der Waals surface area contributed by atoms with Gasteiger partial charge in [-0.3, -0.25) is 10.1 Å². The third kappa shape index (κ3) is 3.23. The standard InChI is InChI=1S/C14H20N2O3/c1-11-6-8-14(10-17,9-7-11)15-12-2-4-13(5-3-12)16(18)19/h2-5,11,15,17H,6-10H2,1H3. The molecule has 0 aromatic heterocycles. The van der Waals surface area contributed by atoms with Crippen molar-refractivity contribution in [2.75, 3.05) is 11.9 Å². The van der Waals surface area contributed by atoms with Gasteiger partial charge in [-0.2, -0.15) is 0 Å². The molecule has 2 N–H and O–H groups in total. The Morgan fingerprint density at radius 2 is 1.95 bits per heavy atom. The van der Waals surface area contributed by atoms with Gasteiger partial charge in [-0.05, 0) is 43.7 Å². The summed E-state index contributed by atoms with van der Waals surface area (Å²) in [6.45, 7) is 2.32. The first kappa shape index (κ1) is 13.8. The van der Waals surface area contributed by atoms with Crippen molar-refractivity contribution < 1.29 is 10.0 Å². The molecule has 0 heterocycles. The van der Waals surface area contributed by atoms with Crippen molar-refractivity contribution >= 4 is 11.4 Å². The smallest absolute Gasteiger partial charge is 0.269 e. The number of rotatable bonds is 4. The molecule has 0 radical (unpaired) electrons. The Bertz CT molecular complexity index is 437. The number of hydrogen-bond donors (Lipinski definition) is 2. The molecule has 1 aromatic carbocycles. The van der Waals surface area contributed by atoms with Gasteiger partial charge < -0.3 is 10.4 Å². The Labute approximate surface area is 112 Å². The van der Waals surface area contributed by atoms with Gasteiger partial charge in [-0.1, -0.05) is 6.92 Å². The molecule has 1 aromatic rings. The van der Waals surface area contributed by atoms with Gasteiger partial charge in [0.1, 0.15) is 0 Å². The second kappa shape index (κ2) is 5.57. The summed E-state index contributed by atoms with van der Waals surface area (Å²) in [4.78, 5) is 10.2. The lowest BCUT2D eigenvalue weighted by Gasteiger charge is -2.39. The molecule has 5 heteroatoms. The second-order valence-electron chi connectivity index (χ2n) is 5.55. The van der Waals surface area contributed by atoms with Crippen molar-refractivity contribution in [1.82, 2.24) is 0 Å². The van der Waals surface area contributed by atoms with Crippen LogP contribution in [0.5, 0.6) is 0 Å². The Kier molecular flexibility index (Phi) is 4.04. The van der Waals surface area contributed by atoms with Crippen LogP contribution in [0, 0.1) is 16.0 Å². The highest BCUT2D eigenvalue weighted by atomic mass is 16.6. The molecule has 5 nitrogen and oxygen atoms in total. The summed E-state index contributed by atoms with van der Waals surface area (Å²) in [6.07, 6.45) is 4.06. The normalized spacial score (nSPS) is 26.9. The summed E-state index contributed by atoms with van der Waals surface area (Å²) < 4.78 is 0. The van der Waals surface area contributed by atoms with E-state index in [2.05, 4.69) is 12.2 Å². The predicted octanol–water partition coefficient (Wildman–Crippen LogP) is 2.95. The van der Waals surface area contributed by atoms with E-state index >= 15 is 0 Å². The summed E-state index contributed by atoms with van der Waals surface area (Å²) >= 11 is 0. The predicted molar refractivity (Wildman–Crippen MR) is 74.2 cm³/mol. The van der Waals surface area contributed by atoms with E-state index in [1.54, 1.807) is 12.1 Å². The van der Waals surface area contributed by atoms with Crippen LogP contribution in [-0.2, 0) is 0 Å². The SMILES string of the molecule is CC1CCC(CO)(Nc2ccc([N+](=O)[O-])cc2)CC1. The molecular weight excluding hydrogens is 244 g/mol. The largest absolute Gasteiger partial charge is 0.394 e. The molecule has 0 unspecified atom stereocenters. The van der Waals surface area contributed by atoms with Crippen LogP contribution in [-0.4, -0.2) is 22.2 Å². The highest BCUT2D eigenvalue weighted by molar-refractivity contribution is 5.50. The fourth-order valence-corrected chi connectivity index (χ4v) is 2.61. The summed E-state index contributed by atoms with van der Waals surface area (Å²) in [5, 5.41) is 23.6. The summed E-state index contributed by atoms with van der Waals surface area (Å²) in [7, 11) is 0. The van der Waals surface area contributed by atoms with Crippen LogP contribution in [0.3, 0.4) is 0 Å². The van der Waals surface area contributed by atoms with Crippen LogP contribution < -0.4 is 5.32 Å². The highest BCUT2D eigenvalue weighted by Crippen LogP contribution is 2.34. The minimum atomic E-state index is -0.409. The van der Waals surface area contributed by atoms with Crippen molar-refractivity contribution in [3.8, 4) is 0 Å². The molecule has 0 bridgehead atoms. The third-order valence-corrected chi connectivity index (χ3v) is 4.02. The van der Waals surface area contributed by atoms with E-state index in [-0.39, 0.29) is 17.8 Å². The van der Waals surface area contributed by atoms with Gasteiger partial charge in [0.25, 0.3) is 5.69 Å².